The van der Waals surface area contributed by atoms with Crippen LogP contribution in [-0.4, -0.2) is 25.6 Å². The predicted octanol–water partition coefficient (Wildman–Crippen LogP) is 2.63. The topological polar surface area (TPSA) is 18.5 Å². The lowest BCUT2D eigenvalue weighted by Crippen LogP contribution is -2.08. The molecule has 1 aromatic carbocycles. The summed E-state index contributed by atoms with van der Waals surface area (Å²) in [7, 11) is 0. The number of hydrogen-bond acceptors (Lipinski definition) is 3. The Morgan fingerprint density at radius 3 is 2.53 bits per heavy atom. The van der Waals surface area contributed by atoms with Crippen LogP contribution >= 0.6 is 12.6 Å². The quantitative estimate of drug-likeness (QED) is 0.594. The molecule has 3 heteroatoms. The van der Waals surface area contributed by atoms with E-state index in [1.54, 1.807) is 0 Å². The van der Waals surface area contributed by atoms with Crippen molar-refractivity contribution in [3.63, 3.8) is 0 Å². The molecule has 1 rings (SSSR count). The number of thiol groups is 1. The van der Waals surface area contributed by atoms with Crippen molar-refractivity contribution in [2.45, 2.75) is 13.8 Å². The number of hydrogen-bond donors (Lipinski definition) is 1. The summed E-state index contributed by atoms with van der Waals surface area (Å²) in [6, 6.07) is 6.11. The van der Waals surface area contributed by atoms with Gasteiger partial charge >= 0.3 is 0 Å². The van der Waals surface area contributed by atoms with Gasteiger partial charge in [0.2, 0.25) is 0 Å². The molecule has 0 aliphatic rings. The van der Waals surface area contributed by atoms with E-state index in [0.29, 0.717) is 19.8 Å². The second-order valence-corrected chi connectivity index (χ2v) is 3.88. The molecule has 0 spiro atoms. The van der Waals surface area contributed by atoms with Gasteiger partial charge in [0.1, 0.15) is 12.4 Å². The number of rotatable bonds is 6. The summed E-state index contributed by atoms with van der Waals surface area (Å²) < 4.78 is 10.8. The van der Waals surface area contributed by atoms with Crippen LogP contribution in [0.4, 0.5) is 0 Å². The highest BCUT2D eigenvalue weighted by Crippen LogP contribution is 2.16. The summed E-state index contributed by atoms with van der Waals surface area (Å²) in [5.41, 5.74) is 2.54. The van der Waals surface area contributed by atoms with Gasteiger partial charge in [-0.15, -0.1) is 0 Å². The first-order valence-electron chi connectivity index (χ1n) is 5.12. The summed E-state index contributed by atoms with van der Waals surface area (Å²) in [5.74, 6) is 1.66. The number of aryl methyl sites for hydroxylation is 2. The maximum Gasteiger partial charge on any atom is 0.119 e. The van der Waals surface area contributed by atoms with Gasteiger partial charge < -0.3 is 9.47 Å². The molecule has 0 saturated carbocycles. The fourth-order valence-corrected chi connectivity index (χ4v) is 1.32. The van der Waals surface area contributed by atoms with Crippen LogP contribution in [0.5, 0.6) is 5.75 Å². The van der Waals surface area contributed by atoms with Crippen molar-refractivity contribution in [1.29, 1.82) is 0 Å². The van der Waals surface area contributed by atoms with E-state index in [1.165, 1.54) is 11.1 Å². The first-order valence-corrected chi connectivity index (χ1v) is 5.76. The molecule has 0 aliphatic carbocycles. The minimum Gasteiger partial charge on any atom is -0.491 e. The second kappa shape index (κ2) is 6.75. The zero-order valence-electron chi connectivity index (χ0n) is 9.32. The van der Waals surface area contributed by atoms with E-state index >= 15 is 0 Å². The van der Waals surface area contributed by atoms with Crippen molar-refractivity contribution in [3.05, 3.63) is 29.3 Å². The van der Waals surface area contributed by atoms with Crippen LogP contribution in [0.2, 0.25) is 0 Å². The van der Waals surface area contributed by atoms with Gasteiger partial charge in [0, 0.05) is 5.75 Å². The average molecular weight is 226 g/mol. The van der Waals surface area contributed by atoms with Crippen molar-refractivity contribution in [3.8, 4) is 5.75 Å². The van der Waals surface area contributed by atoms with Crippen LogP contribution in [0.15, 0.2) is 18.2 Å². The van der Waals surface area contributed by atoms with E-state index in [9.17, 15) is 0 Å². The summed E-state index contributed by atoms with van der Waals surface area (Å²) in [6.07, 6.45) is 0. The van der Waals surface area contributed by atoms with Gasteiger partial charge in [-0.1, -0.05) is 6.07 Å². The van der Waals surface area contributed by atoms with Gasteiger partial charge in [-0.2, -0.15) is 12.6 Å². The van der Waals surface area contributed by atoms with Gasteiger partial charge in [0.15, 0.2) is 0 Å². The van der Waals surface area contributed by atoms with Gasteiger partial charge in [-0.3, -0.25) is 0 Å². The third kappa shape index (κ3) is 4.58. The van der Waals surface area contributed by atoms with Crippen molar-refractivity contribution >= 4 is 12.6 Å². The normalized spacial score (nSPS) is 10.3. The van der Waals surface area contributed by atoms with Gasteiger partial charge in [-0.25, -0.2) is 0 Å². The Labute approximate surface area is 97.0 Å². The number of ether oxygens (including phenoxy) is 2. The summed E-state index contributed by atoms with van der Waals surface area (Å²) >= 11 is 4.05. The Kier molecular flexibility index (Phi) is 5.58. The van der Waals surface area contributed by atoms with Crippen LogP contribution in [-0.2, 0) is 4.74 Å². The SMILES string of the molecule is Cc1ccc(OCCOCCS)cc1C. The molecule has 0 fully saturated rings. The zero-order valence-corrected chi connectivity index (χ0v) is 10.2. The van der Waals surface area contributed by atoms with E-state index in [-0.39, 0.29) is 0 Å². The van der Waals surface area contributed by atoms with E-state index < -0.39 is 0 Å². The summed E-state index contributed by atoms with van der Waals surface area (Å²) in [6.45, 7) is 6.07. The monoisotopic (exact) mass is 226 g/mol. The van der Waals surface area contributed by atoms with Gasteiger partial charge in [0.25, 0.3) is 0 Å². The number of benzene rings is 1. The molecule has 0 amide bonds. The molecular weight excluding hydrogens is 208 g/mol. The minimum absolute atomic E-state index is 0.594. The molecule has 0 radical (unpaired) electrons. The third-order valence-corrected chi connectivity index (χ3v) is 2.39. The summed E-state index contributed by atoms with van der Waals surface area (Å²) in [5, 5.41) is 0. The first-order chi connectivity index (χ1) is 7.24. The zero-order chi connectivity index (χ0) is 11.1. The Morgan fingerprint density at radius 1 is 1.07 bits per heavy atom. The van der Waals surface area contributed by atoms with Crippen LogP contribution in [0.25, 0.3) is 0 Å². The molecule has 0 N–H and O–H groups in total. The Morgan fingerprint density at radius 2 is 1.87 bits per heavy atom. The van der Waals surface area contributed by atoms with Gasteiger partial charge in [-0.05, 0) is 37.1 Å². The molecule has 15 heavy (non-hydrogen) atoms. The highest BCUT2D eigenvalue weighted by Gasteiger charge is 1.96. The fourth-order valence-electron chi connectivity index (χ4n) is 1.19. The molecule has 0 unspecified atom stereocenters. The standard InChI is InChI=1S/C12H18O2S/c1-10-3-4-12(9-11(10)2)14-6-5-13-7-8-15/h3-4,9,15H,5-8H2,1-2H3. The van der Waals surface area contributed by atoms with Crippen molar-refractivity contribution in [1.82, 2.24) is 0 Å². The van der Waals surface area contributed by atoms with E-state index in [2.05, 4.69) is 32.5 Å². The highest BCUT2D eigenvalue weighted by molar-refractivity contribution is 7.80. The molecular formula is C12H18O2S. The highest BCUT2D eigenvalue weighted by atomic mass is 32.1. The van der Waals surface area contributed by atoms with E-state index in [0.717, 1.165) is 11.5 Å². The Hall–Kier alpha value is -0.670. The molecule has 0 aromatic heterocycles. The van der Waals surface area contributed by atoms with Crippen LogP contribution in [0, 0.1) is 13.8 Å². The lowest BCUT2D eigenvalue weighted by molar-refractivity contribution is 0.112. The predicted molar refractivity (Wildman–Crippen MR) is 66.1 cm³/mol. The van der Waals surface area contributed by atoms with Crippen molar-refractivity contribution < 1.29 is 9.47 Å². The van der Waals surface area contributed by atoms with Gasteiger partial charge in [0.05, 0.1) is 13.2 Å². The molecule has 2 nitrogen and oxygen atoms in total. The lowest BCUT2D eigenvalue weighted by atomic mass is 10.1. The smallest absolute Gasteiger partial charge is 0.119 e. The maximum atomic E-state index is 5.54. The first kappa shape index (κ1) is 12.4. The molecule has 0 atom stereocenters. The molecule has 0 bridgehead atoms. The molecule has 0 aliphatic heterocycles. The van der Waals surface area contributed by atoms with Crippen molar-refractivity contribution in [2.75, 3.05) is 25.6 Å². The maximum absolute atomic E-state index is 5.54. The lowest BCUT2D eigenvalue weighted by Gasteiger charge is -2.08. The molecule has 0 saturated heterocycles. The Balaban J connectivity index is 2.28. The fraction of sp³-hybridized carbons (Fsp3) is 0.500. The molecule has 84 valence electrons. The molecule has 1 aromatic rings. The van der Waals surface area contributed by atoms with Crippen LogP contribution < -0.4 is 4.74 Å². The summed E-state index contributed by atoms with van der Waals surface area (Å²) in [4.78, 5) is 0. The third-order valence-electron chi connectivity index (χ3n) is 2.21. The Bertz CT molecular complexity index is 300. The molecule has 0 heterocycles. The second-order valence-electron chi connectivity index (χ2n) is 3.43. The average Bonchev–Trinajstić information content (AvgIpc) is 2.23. The van der Waals surface area contributed by atoms with Crippen molar-refractivity contribution in [2.24, 2.45) is 0 Å². The van der Waals surface area contributed by atoms with Crippen LogP contribution in [0.3, 0.4) is 0 Å². The van der Waals surface area contributed by atoms with E-state index in [4.69, 9.17) is 9.47 Å². The minimum atomic E-state index is 0.594. The van der Waals surface area contributed by atoms with Crippen LogP contribution in [0.1, 0.15) is 11.1 Å². The van der Waals surface area contributed by atoms with E-state index in [1.807, 2.05) is 12.1 Å². The largest absolute Gasteiger partial charge is 0.491 e.